The molecule has 1 fully saturated rings. The standard InChI is InChI=1S/C21H39NO4.H2/c1-16(2)20(23)11-12-22-21(24)6-5-13-25-14-18-7-9-19(10-8-18)15-26-17(3)4;/h16-19H,5-15H2,1-4H3,(H,22,24);1H. The molecule has 1 N–H and O–H groups in total. The Balaban J connectivity index is 0.00000676. The summed E-state index contributed by atoms with van der Waals surface area (Å²) in [5.41, 5.74) is 0. The smallest absolute Gasteiger partial charge is 0.220 e. The van der Waals surface area contributed by atoms with E-state index in [1.54, 1.807) is 0 Å². The second kappa shape index (κ2) is 13.3. The van der Waals surface area contributed by atoms with Gasteiger partial charge in [-0.3, -0.25) is 9.59 Å². The van der Waals surface area contributed by atoms with Crippen molar-refractivity contribution in [2.24, 2.45) is 17.8 Å². The van der Waals surface area contributed by atoms with E-state index in [1.807, 2.05) is 13.8 Å². The van der Waals surface area contributed by atoms with Crippen molar-refractivity contribution < 1.29 is 20.5 Å². The van der Waals surface area contributed by atoms with Crippen LogP contribution in [-0.4, -0.2) is 44.2 Å². The topological polar surface area (TPSA) is 64.6 Å². The Morgan fingerprint density at radius 3 is 2.19 bits per heavy atom. The van der Waals surface area contributed by atoms with Crippen molar-refractivity contribution in [3.63, 3.8) is 0 Å². The van der Waals surface area contributed by atoms with Crippen molar-refractivity contribution >= 4 is 11.7 Å². The molecule has 1 amide bonds. The SMILES string of the molecule is CC(C)OCC1CCC(COCCCC(=O)NCCC(=O)C(C)C)CC1.[HH]. The van der Waals surface area contributed by atoms with Gasteiger partial charge in [0.1, 0.15) is 5.78 Å². The minimum Gasteiger partial charge on any atom is -0.381 e. The number of hydrogen-bond acceptors (Lipinski definition) is 4. The Hall–Kier alpha value is -0.940. The fourth-order valence-electron chi connectivity index (χ4n) is 3.18. The van der Waals surface area contributed by atoms with E-state index in [9.17, 15) is 9.59 Å². The zero-order valence-electron chi connectivity index (χ0n) is 17.2. The largest absolute Gasteiger partial charge is 0.381 e. The molecule has 0 unspecified atom stereocenters. The Morgan fingerprint density at radius 2 is 1.62 bits per heavy atom. The molecular formula is C21H41NO4. The highest BCUT2D eigenvalue weighted by Crippen LogP contribution is 2.29. The number of carbonyl (C=O) groups is 2. The second-order valence-electron chi connectivity index (χ2n) is 8.17. The van der Waals surface area contributed by atoms with Gasteiger partial charge in [-0.15, -0.1) is 0 Å². The van der Waals surface area contributed by atoms with E-state index in [2.05, 4.69) is 19.2 Å². The van der Waals surface area contributed by atoms with Crippen LogP contribution in [0.1, 0.15) is 74.1 Å². The molecule has 5 heteroatoms. The van der Waals surface area contributed by atoms with Crippen LogP contribution < -0.4 is 5.32 Å². The van der Waals surface area contributed by atoms with E-state index in [-0.39, 0.29) is 19.0 Å². The van der Waals surface area contributed by atoms with Crippen LogP contribution in [0.3, 0.4) is 0 Å². The van der Waals surface area contributed by atoms with Crippen molar-refractivity contribution in [2.45, 2.75) is 78.7 Å². The number of amides is 1. The molecule has 5 nitrogen and oxygen atoms in total. The molecule has 0 radical (unpaired) electrons. The molecule has 0 atom stereocenters. The minimum atomic E-state index is 0. The first-order valence-corrected chi connectivity index (χ1v) is 10.4. The summed E-state index contributed by atoms with van der Waals surface area (Å²) in [4.78, 5) is 23.2. The van der Waals surface area contributed by atoms with Gasteiger partial charge in [0, 0.05) is 46.6 Å². The van der Waals surface area contributed by atoms with Gasteiger partial charge in [0.15, 0.2) is 0 Å². The molecule has 0 heterocycles. The maximum atomic E-state index is 11.7. The normalized spacial score (nSPS) is 20.5. The van der Waals surface area contributed by atoms with Gasteiger partial charge in [0.05, 0.1) is 6.10 Å². The maximum Gasteiger partial charge on any atom is 0.220 e. The lowest BCUT2D eigenvalue weighted by molar-refractivity contribution is -0.123. The molecule has 0 aromatic heterocycles. The van der Waals surface area contributed by atoms with Crippen LogP contribution >= 0.6 is 0 Å². The number of ether oxygens (including phenoxy) is 2. The molecule has 0 aromatic carbocycles. The summed E-state index contributed by atoms with van der Waals surface area (Å²) >= 11 is 0. The van der Waals surface area contributed by atoms with E-state index in [0.717, 1.165) is 19.6 Å². The second-order valence-corrected chi connectivity index (χ2v) is 8.17. The third-order valence-corrected chi connectivity index (χ3v) is 5.02. The van der Waals surface area contributed by atoms with E-state index >= 15 is 0 Å². The van der Waals surface area contributed by atoms with Gasteiger partial charge >= 0.3 is 0 Å². The summed E-state index contributed by atoms with van der Waals surface area (Å²) in [5.74, 6) is 1.61. The molecule has 1 aliphatic rings. The number of nitrogens with one attached hydrogen (secondary N) is 1. The number of carbonyl (C=O) groups excluding carboxylic acids is 2. The Bertz CT molecular complexity index is 407. The number of rotatable bonds is 13. The van der Waals surface area contributed by atoms with Gasteiger partial charge in [-0.1, -0.05) is 13.8 Å². The summed E-state index contributed by atoms with van der Waals surface area (Å²) in [7, 11) is 0. The Kier molecular flexibility index (Phi) is 11.8. The highest BCUT2D eigenvalue weighted by Gasteiger charge is 2.21. The van der Waals surface area contributed by atoms with Gasteiger partial charge in [-0.05, 0) is 57.8 Å². The molecular weight excluding hydrogens is 330 g/mol. The van der Waals surface area contributed by atoms with E-state index in [4.69, 9.17) is 9.47 Å². The lowest BCUT2D eigenvalue weighted by atomic mass is 9.83. The summed E-state index contributed by atoms with van der Waals surface area (Å²) in [6, 6.07) is 0. The number of Topliss-reactive ketones (excluding diaryl/α,β-unsaturated/α-hetero) is 1. The van der Waals surface area contributed by atoms with Gasteiger partial charge in [-0.2, -0.15) is 0 Å². The van der Waals surface area contributed by atoms with Gasteiger partial charge < -0.3 is 14.8 Å². The first-order valence-electron chi connectivity index (χ1n) is 10.4. The van der Waals surface area contributed by atoms with Crippen LogP contribution in [0.15, 0.2) is 0 Å². The van der Waals surface area contributed by atoms with Gasteiger partial charge in [0.2, 0.25) is 5.91 Å². The molecule has 154 valence electrons. The lowest BCUT2D eigenvalue weighted by Crippen LogP contribution is -2.27. The van der Waals surface area contributed by atoms with Gasteiger partial charge in [-0.25, -0.2) is 0 Å². The van der Waals surface area contributed by atoms with Crippen molar-refractivity contribution in [1.29, 1.82) is 0 Å². The highest BCUT2D eigenvalue weighted by atomic mass is 16.5. The van der Waals surface area contributed by atoms with Gasteiger partial charge in [0.25, 0.3) is 0 Å². The highest BCUT2D eigenvalue weighted by molar-refractivity contribution is 5.81. The first kappa shape index (κ1) is 23.1. The average molecular weight is 372 g/mol. The molecule has 26 heavy (non-hydrogen) atoms. The van der Waals surface area contributed by atoms with E-state index in [1.165, 1.54) is 25.7 Å². The number of ketones is 1. The number of hydrogen-bond donors (Lipinski definition) is 1. The molecule has 1 saturated carbocycles. The third-order valence-electron chi connectivity index (χ3n) is 5.02. The van der Waals surface area contributed by atoms with E-state index in [0.29, 0.717) is 43.9 Å². The fourth-order valence-corrected chi connectivity index (χ4v) is 3.18. The molecule has 1 rings (SSSR count). The molecule has 0 bridgehead atoms. The zero-order valence-corrected chi connectivity index (χ0v) is 17.2. The Morgan fingerprint density at radius 1 is 1.00 bits per heavy atom. The van der Waals surface area contributed by atoms with Crippen LogP contribution in [-0.2, 0) is 19.1 Å². The molecule has 0 spiro atoms. The molecule has 0 aromatic rings. The van der Waals surface area contributed by atoms with E-state index < -0.39 is 0 Å². The summed E-state index contributed by atoms with van der Waals surface area (Å²) in [6.07, 6.45) is 6.86. The van der Waals surface area contributed by atoms with Crippen LogP contribution in [0.2, 0.25) is 0 Å². The molecule has 0 aliphatic heterocycles. The predicted molar refractivity (Wildman–Crippen MR) is 106 cm³/mol. The van der Waals surface area contributed by atoms with Crippen molar-refractivity contribution in [2.75, 3.05) is 26.4 Å². The first-order chi connectivity index (χ1) is 12.4. The fraction of sp³-hybridized carbons (Fsp3) is 0.905. The van der Waals surface area contributed by atoms with Crippen molar-refractivity contribution in [3.8, 4) is 0 Å². The summed E-state index contributed by atoms with van der Waals surface area (Å²) in [6.45, 7) is 10.7. The van der Waals surface area contributed by atoms with Crippen LogP contribution in [0, 0.1) is 17.8 Å². The van der Waals surface area contributed by atoms with Crippen LogP contribution in [0.5, 0.6) is 0 Å². The lowest BCUT2D eigenvalue weighted by Gasteiger charge is -2.28. The Labute approximate surface area is 161 Å². The average Bonchev–Trinajstić information content (AvgIpc) is 2.60. The monoisotopic (exact) mass is 371 g/mol. The third kappa shape index (κ3) is 10.9. The summed E-state index contributed by atoms with van der Waals surface area (Å²) in [5, 5.41) is 2.81. The summed E-state index contributed by atoms with van der Waals surface area (Å²) < 4.78 is 11.5. The minimum absolute atomic E-state index is 0. The molecule has 1 aliphatic carbocycles. The predicted octanol–water partition coefficient (Wildman–Crippen LogP) is 3.99. The van der Waals surface area contributed by atoms with Crippen molar-refractivity contribution in [1.82, 2.24) is 5.32 Å². The quantitative estimate of drug-likeness (QED) is 0.497. The zero-order chi connectivity index (χ0) is 19.4. The molecule has 0 saturated heterocycles. The van der Waals surface area contributed by atoms with Crippen LogP contribution in [0.4, 0.5) is 0 Å². The maximum absolute atomic E-state index is 11.7. The van der Waals surface area contributed by atoms with Crippen LogP contribution in [0.25, 0.3) is 0 Å². The van der Waals surface area contributed by atoms with Crippen molar-refractivity contribution in [3.05, 3.63) is 0 Å².